The Bertz CT molecular complexity index is 682. The number of carbonyl (C=O) groups is 2. The topological polar surface area (TPSA) is 76.5 Å². The molecule has 1 unspecified atom stereocenters. The lowest BCUT2D eigenvalue weighted by Crippen LogP contribution is -2.51. The number of likely N-dealkylation sites (tertiary alicyclic amines) is 1. The Morgan fingerprint density at radius 2 is 2.28 bits per heavy atom. The van der Waals surface area contributed by atoms with Crippen LogP contribution in [0.4, 0.5) is 0 Å². The van der Waals surface area contributed by atoms with Crippen molar-refractivity contribution >= 4 is 11.8 Å². The first-order chi connectivity index (χ1) is 12.1. The Hall–Kier alpha value is -2.15. The molecule has 1 saturated heterocycles. The predicted molar refractivity (Wildman–Crippen MR) is 92.7 cm³/mol. The van der Waals surface area contributed by atoms with E-state index in [1.54, 1.807) is 31.1 Å². The second-order valence-corrected chi connectivity index (χ2v) is 6.82. The number of ether oxygens (including phenoxy) is 1. The molecule has 7 heteroatoms. The lowest BCUT2D eigenvalue weighted by Gasteiger charge is -2.47. The molecule has 1 N–H and O–H groups in total. The van der Waals surface area contributed by atoms with Crippen LogP contribution in [0.1, 0.15) is 42.6 Å². The summed E-state index contributed by atoms with van der Waals surface area (Å²) in [6.45, 7) is 1.62. The number of aryl methyl sites for hydroxylation is 1. The molecule has 3 rings (SSSR count). The van der Waals surface area contributed by atoms with Gasteiger partial charge in [-0.05, 0) is 31.7 Å². The smallest absolute Gasteiger partial charge is 0.269 e. The van der Waals surface area contributed by atoms with Gasteiger partial charge in [-0.2, -0.15) is 5.10 Å². The van der Waals surface area contributed by atoms with Gasteiger partial charge in [-0.3, -0.25) is 14.3 Å². The Morgan fingerprint density at radius 3 is 3.00 bits per heavy atom. The van der Waals surface area contributed by atoms with Gasteiger partial charge in [0.05, 0.1) is 6.61 Å². The molecule has 2 aliphatic rings. The first-order valence-corrected chi connectivity index (χ1v) is 8.83. The van der Waals surface area contributed by atoms with Gasteiger partial charge < -0.3 is 15.0 Å². The van der Waals surface area contributed by atoms with Crippen molar-refractivity contribution in [2.45, 2.75) is 32.1 Å². The van der Waals surface area contributed by atoms with Crippen molar-refractivity contribution in [1.82, 2.24) is 20.0 Å². The maximum Gasteiger partial charge on any atom is 0.269 e. The molecule has 1 aliphatic heterocycles. The standard InChI is InChI=1S/C18H26N4O3/c1-21-14(7-10-20-21)17(24)19-13-18-8-4-3-5-15(18)22(11-12-25-2)16(23)6-9-18/h5,7,10H,3-4,6,8-9,11-13H2,1-2H3,(H,19,24). The zero-order chi connectivity index (χ0) is 17.9. The largest absolute Gasteiger partial charge is 0.383 e. The van der Waals surface area contributed by atoms with Crippen LogP contribution >= 0.6 is 0 Å². The summed E-state index contributed by atoms with van der Waals surface area (Å²) in [6.07, 6.45) is 8.13. The molecule has 1 aromatic rings. The molecule has 1 fully saturated rings. The number of nitrogens with one attached hydrogen (secondary N) is 1. The zero-order valence-electron chi connectivity index (χ0n) is 15.0. The van der Waals surface area contributed by atoms with Crippen LogP contribution in [-0.4, -0.2) is 53.3 Å². The van der Waals surface area contributed by atoms with Crippen LogP contribution in [0.2, 0.25) is 0 Å². The van der Waals surface area contributed by atoms with Crippen molar-refractivity contribution in [2.24, 2.45) is 12.5 Å². The van der Waals surface area contributed by atoms with E-state index in [0.29, 0.717) is 31.8 Å². The zero-order valence-corrected chi connectivity index (χ0v) is 15.0. The van der Waals surface area contributed by atoms with Gasteiger partial charge in [0.1, 0.15) is 5.69 Å². The van der Waals surface area contributed by atoms with E-state index in [0.717, 1.165) is 31.4 Å². The van der Waals surface area contributed by atoms with Gasteiger partial charge in [0.2, 0.25) is 5.91 Å². The highest BCUT2D eigenvalue weighted by Gasteiger charge is 2.44. The van der Waals surface area contributed by atoms with Crippen molar-refractivity contribution < 1.29 is 14.3 Å². The lowest BCUT2D eigenvalue weighted by atomic mass is 9.69. The molecule has 1 aromatic heterocycles. The molecule has 2 heterocycles. The monoisotopic (exact) mass is 346 g/mol. The average molecular weight is 346 g/mol. The SMILES string of the molecule is COCCN1C(=O)CCC2(CNC(=O)c3ccnn3C)CCCC=C12. The number of nitrogens with zero attached hydrogens (tertiary/aromatic N) is 3. The van der Waals surface area contributed by atoms with Gasteiger partial charge >= 0.3 is 0 Å². The molecule has 7 nitrogen and oxygen atoms in total. The van der Waals surface area contributed by atoms with E-state index in [2.05, 4.69) is 16.5 Å². The summed E-state index contributed by atoms with van der Waals surface area (Å²) >= 11 is 0. The van der Waals surface area contributed by atoms with Crippen LogP contribution in [0, 0.1) is 5.41 Å². The fourth-order valence-corrected chi connectivity index (χ4v) is 3.92. The van der Waals surface area contributed by atoms with E-state index >= 15 is 0 Å². The van der Waals surface area contributed by atoms with Gasteiger partial charge in [0.15, 0.2) is 0 Å². The van der Waals surface area contributed by atoms with Crippen LogP contribution in [0.5, 0.6) is 0 Å². The Labute approximate surface area is 148 Å². The van der Waals surface area contributed by atoms with E-state index in [1.807, 2.05) is 4.90 Å². The van der Waals surface area contributed by atoms with Gasteiger partial charge in [-0.15, -0.1) is 0 Å². The second kappa shape index (κ2) is 7.39. The highest BCUT2D eigenvalue weighted by atomic mass is 16.5. The van der Waals surface area contributed by atoms with Crippen LogP contribution in [-0.2, 0) is 16.6 Å². The normalized spacial score (nSPS) is 23.2. The van der Waals surface area contributed by atoms with Crippen LogP contribution in [0.15, 0.2) is 24.0 Å². The molecule has 0 radical (unpaired) electrons. The molecule has 0 bridgehead atoms. The molecule has 1 atom stereocenters. The number of aromatic nitrogens is 2. The summed E-state index contributed by atoms with van der Waals surface area (Å²) in [6, 6.07) is 1.71. The third-order valence-corrected chi connectivity index (χ3v) is 5.31. The number of rotatable bonds is 6. The highest BCUT2D eigenvalue weighted by Crippen LogP contribution is 2.46. The minimum atomic E-state index is -0.159. The minimum Gasteiger partial charge on any atom is -0.383 e. The molecular weight excluding hydrogens is 320 g/mol. The summed E-state index contributed by atoms with van der Waals surface area (Å²) in [5.41, 5.74) is 1.45. The van der Waals surface area contributed by atoms with E-state index in [1.165, 1.54) is 0 Å². The third-order valence-electron chi connectivity index (χ3n) is 5.31. The maximum atomic E-state index is 12.5. The number of amides is 2. The highest BCUT2D eigenvalue weighted by molar-refractivity contribution is 5.92. The molecule has 0 saturated carbocycles. The molecule has 0 aromatic carbocycles. The first kappa shape index (κ1) is 17.7. The van der Waals surface area contributed by atoms with Crippen molar-refractivity contribution in [1.29, 1.82) is 0 Å². The molecule has 25 heavy (non-hydrogen) atoms. The van der Waals surface area contributed by atoms with Crippen LogP contribution in [0.25, 0.3) is 0 Å². The number of hydrogen-bond donors (Lipinski definition) is 1. The van der Waals surface area contributed by atoms with E-state index in [9.17, 15) is 9.59 Å². The lowest BCUT2D eigenvalue weighted by molar-refractivity contribution is -0.134. The maximum absolute atomic E-state index is 12.5. The summed E-state index contributed by atoms with van der Waals surface area (Å²) in [4.78, 5) is 26.7. The summed E-state index contributed by atoms with van der Waals surface area (Å²) in [5, 5.41) is 7.11. The Morgan fingerprint density at radius 1 is 1.44 bits per heavy atom. The van der Waals surface area contributed by atoms with Crippen molar-refractivity contribution in [3.05, 3.63) is 29.7 Å². The fraction of sp³-hybridized carbons (Fsp3) is 0.611. The summed E-state index contributed by atoms with van der Waals surface area (Å²) in [5.74, 6) is 0.0263. The third kappa shape index (κ3) is 3.46. The van der Waals surface area contributed by atoms with Crippen molar-refractivity contribution in [3.63, 3.8) is 0 Å². The molecule has 0 spiro atoms. The number of fused-ring (bicyclic) bond motifs is 1. The van der Waals surface area contributed by atoms with Gasteiger partial charge in [0, 0.05) is 51.0 Å². The predicted octanol–water partition coefficient (Wildman–Crippen LogP) is 1.47. The number of allylic oxidation sites excluding steroid dienone is 1. The summed E-state index contributed by atoms with van der Waals surface area (Å²) in [7, 11) is 3.40. The van der Waals surface area contributed by atoms with Gasteiger partial charge in [-0.1, -0.05) is 6.08 Å². The number of carbonyl (C=O) groups excluding carboxylic acids is 2. The Balaban J connectivity index is 1.76. The quantitative estimate of drug-likeness (QED) is 0.846. The number of methoxy groups -OCH3 is 1. The van der Waals surface area contributed by atoms with E-state index in [4.69, 9.17) is 4.74 Å². The van der Waals surface area contributed by atoms with Crippen LogP contribution in [0.3, 0.4) is 0 Å². The van der Waals surface area contributed by atoms with Crippen molar-refractivity contribution in [2.75, 3.05) is 26.8 Å². The molecule has 136 valence electrons. The average Bonchev–Trinajstić information content (AvgIpc) is 3.05. The van der Waals surface area contributed by atoms with E-state index < -0.39 is 0 Å². The van der Waals surface area contributed by atoms with Gasteiger partial charge in [0.25, 0.3) is 5.91 Å². The first-order valence-electron chi connectivity index (χ1n) is 8.83. The molecule has 2 amide bonds. The number of piperidine rings is 1. The van der Waals surface area contributed by atoms with Gasteiger partial charge in [-0.25, -0.2) is 0 Å². The second-order valence-electron chi connectivity index (χ2n) is 6.82. The molecular formula is C18H26N4O3. The van der Waals surface area contributed by atoms with Crippen LogP contribution < -0.4 is 5.32 Å². The van der Waals surface area contributed by atoms with E-state index in [-0.39, 0.29) is 17.2 Å². The Kier molecular flexibility index (Phi) is 5.22. The number of hydrogen-bond acceptors (Lipinski definition) is 4. The van der Waals surface area contributed by atoms with Crippen molar-refractivity contribution in [3.8, 4) is 0 Å². The summed E-state index contributed by atoms with van der Waals surface area (Å²) < 4.78 is 6.73. The molecule has 1 aliphatic carbocycles. The minimum absolute atomic E-state index is 0.125. The fourth-order valence-electron chi connectivity index (χ4n) is 3.92.